The van der Waals surface area contributed by atoms with Crippen LogP contribution < -0.4 is 5.32 Å². The van der Waals surface area contributed by atoms with Crippen LogP contribution in [0, 0.1) is 5.41 Å². The Morgan fingerprint density at radius 2 is 2.00 bits per heavy atom. The van der Waals surface area contributed by atoms with E-state index in [-0.39, 0.29) is 24.4 Å². The smallest absolute Gasteiger partial charge is 0.224 e. The average Bonchev–Trinajstić information content (AvgIpc) is 2.78. The van der Waals surface area contributed by atoms with E-state index in [9.17, 15) is 4.79 Å². The Bertz CT molecular complexity index is 281. The lowest BCUT2D eigenvalue weighted by Gasteiger charge is -2.39. The maximum Gasteiger partial charge on any atom is 0.224 e. The summed E-state index contributed by atoms with van der Waals surface area (Å²) in [5.41, 5.74) is 0.491. The fourth-order valence-electron chi connectivity index (χ4n) is 2.99. The van der Waals surface area contributed by atoms with Crippen molar-refractivity contribution in [1.29, 1.82) is 0 Å². The third-order valence-electron chi connectivity index (χ3n) is 4.28. The van der Waals surface area contributed by atoms with Crippen LogP contribution in [0.25, 0.3) is 0 Å². The molecule has 0 aliphatic carbocycles. The van der Waals surface area contributed by atoms with Gasteiger partial charge in [0.05, 0.1) is 19.1 Å². The lowest BCUT2D eigenvalue weighted by Crippen LogP contribution is -2.44. The van der Waals surface area contributed by atoms with Crippen LogP contribution >= 0.6 is 12.4 Å². The highest BCUT2D eigenvalue weighted by atomic mass is 35.5. The lowest BCUT2D eigenvalue weighted by atomic mass is 9.78. The molecule has 0 aromatic heterocycles. The summed E-state index contributed by atoms with van der Waals surface area (Å²) in [4.78, 5) is 14.0. The molecule has 2 heterocycles. The molecule has 0 aromatic carbocycles. The molecule has 2 aliphatic heterocycles. The van der Waals surface area contributed by atoms with Crippen LogP contribution in [0.2, 0.25) is 0 Å². The summed E-state index contributed by atoms with van der Waals surface area (Å²) in [6.45, 7) is 8.72. The Labute approximate surface area is 122 Å². The summed E-state index contributed by atoms with van der Waals surface area (Å²) >= 11 is 0. The van der Waals surface area contributed by atoms with Crippen LogP contribution in [0.1, 0.15) is 39.5 Å². The van der Waals surface area contributed by atoms with Gasteiger partial charge in [-0.05, 0) is 45.1 Å². The molecule has 0 bridgehead atoms. The highest BCUT2D eigenvalue weighted by Crippen LogP contribution is 2.36. The van der Waals surface area contributed by atoms with E-state index >= 15 is 0 Å². The number of amides is 1. The van der Waals surface area contributed by atoms with Crippen LogP contribution in [0.3, 0.4) is 0 Å². The number of piperidine rings is 1. The molecule has 0 unspecified atom stereocenters. The number of nitrogens with one attached hydrogen (secondary N) is 1. The number of hydrogen-bond donors (Lipinski definition) is 1. The van der Waals surface area contributed by atoms with Gasteiger partial charge in [-0.2, -0.15) is 0 Å². The summed E-state index contributed by atoms with van der Waals surface area (Å²) < 4.78 is 5.44. The summed E-state index contributed by atoms with van der Waals surface area (Å²) in [6.07, 6.45) is 4.36. The number of carbonyl (C=O) groups excluding carboxylic acids is 1. The molecule has 1 spiro atoms. The van der Waals surface area contributed by atoms with Crippen molar-refractivity contribution in [3.05, 3.63) is 0 Å². The predicted octanol–water partition coefficient (Wildman–Crippen LogP) is 1.83. The zero-order valence-electron chi connectivity index (χ0n) is 12.1. The van der Waals surface area contributed by atoms with Gasteiger partial charge in [0, 0.05) is 19.6 Å². The molecule has 0 saturated carbocycles. The number of likely N-dealkylation sites (tertiary alicyclic amines) is 1. The molecule has 2 rings (SSSR count). The van der Waals surface area contributed by atoms with E-state index in [1.54, 1.807) is 0 Å². The number of hydrogen-bond acceptors (Lipinski definition) is 3. The van der Waals surface area contributed by atoms with Crippen LogP contribution in [-0.2, 0) is 9.53 Å². The zero-order valence-corrected chi connectivity index (χ0v) is 12.9. The summed E-state index contributed by atoms with van der Waals surface area (Å²) in [7, 11) is 0. The standard InChI is InChI=1S/C14H26N2O2.ClH/c1-12(2)18-10-3-13(17)16-8-5-14(6-9-16)4-7-15-11-14;/h12,15H,3-11H2,1-2H3;1H. The Kier molecular flexibility index (Phi) is 6.57. The maximum atomic E-state index is 12.0. The van der Waals surface area contributed by atoms with Gasteiger partial charge in [0.1, 0.15) is 0 Å². The number of nitrogens with zero attached hydrogens (tertiary/aromatic N) is 1. The highest BCUT2D eigenvalue weighted by molar-refractivity contribution is 5.85. The zero-order chi connectivity index (χ0) is 13.0. The van der Waals surface area contributed by atoms with Gasteiger partial charge in [0.2, 0.25) is 5.91 Å². The van der Waals surface area contributed by atoms with Crippen molar-refractivity contribution in [3.8, 4) is 0 Å². The van der Waals surface area contributed by atoms with Gasteiger partial charge in [-0.25, -0.2) is 0 Å². The fraction of sp³-hybridized carbons (Fsp3) is 0.929. The van der Waals surface area contributed by atoms with Crippen LogP contribution in [-0.4, -0.2) is 49.7 Å². The number of halogens is 1. The molecule has 2 aliphatic rings. The molecule has 0 aromatic rings. The van der Waals surface area contributed by atoms with Crippen molar-refractivity contribution in [2.75, 3.05) is 32.8 Å². The van der Waals surface area contributed by atoms with Gasteiger partial charge >= 0.3 is 0 Å². The minimum atomic E-state index is 0. The monoisotopic (exact) mass is 290 g/mol. The second-order valence-corrected chi connectivity index (χ2v) is 5.98. The quantitative estimate of drug-likeness (QED) is 0.859. The Morgan fingerprint density at radius 1 is 1.32 bits per heavy atom. The van der Waals surface area contributed by atoms with Crippen molar-refractivity contribution >= 4 is 18.3 Å². The largest absolute Gasteiger partial charge is 0.378 e. The first-order valence-electron chi connectivity index (χ1n) is 7.21. The van der Waals surface area contributed by atoms with E-state index in [4.69, 9.17) is 4.74 Å². The first-order chi connectivity index (χ1) is 8.61. The van der Waals surface area contributed by atoms with E-state index in [1.807, 2.05) is 18.7 Å². The number of rotatable bonds is 4. The molecule has 2 fully saturated rings. The SMILES string of the molecule is CC(C)OCCC(=O)N1CCC2(CCNC2)CC1.Cl. The third-order valence-corrected chi connectivity index (χ3v) is 4.28. The second kappa shape index (κ2) is 7.46. The first-order valence-corrected chi connectivity index (χ1v) is 7.21. The molecule has 0 radical (unpaired) electrons. The van der Waals surface area contributed by atoms with E-state index in [0.717, 1.165) is 39.0 Å². The minimum Gasteiger partial charge on any atom is -0.378 e. The molecular formula is C14H27ClN2O2. The van der Waals surface area contributed by atoms with Gasteiger partial charge in [-0.15, -0.1) is 12.4 Å². The Morgan fingerprint density at radius 3 is 2.53 bits per heavy atom. The third kappa shape index (κ3) is 4.62. The predicted molar refractivity (Wildman–Crippen MR) is 78.7 cm³/mol. The van der Waals surface area contributed by atoms with Crippen molar-refractivity contribution in [1.82, 2.24) is 10.2 Å². The van der Waals surface area contributed by atoms with Crippen molar-refractivity contribution < 1.29 is 9.53 Å². The fourth-order valence-corrected chi connectivity index (χ4v) is 2.99. The molecule has 112 valence electrons. The number of carbonyl (C=O) groups is 1. The molecule has 19 heavy (non-hydrogen) atoms. The first kappa shape index (κ1) is 16.7. The minimum absolute atomic E-state index is 0. The Balaban J connectivity index is 0.00000180. The Hall–Kier alpha value is -0.320. The average molecular weight is 291 g/mol. The van der Waals surface area contributed by atoms with E-state index in [1.165, 1.54) is 6.42 Å². The van der Waals surface area contributed by atoms with Gasteiger partial charge in [-0.1, -0.05) is 0 Å². The molecule has 4 nitrogen and oxygen atoms in total. The molecular weight excluding hydrogens is 264 g/mol. The van der Waals surface area contributed by atoms with E-state index in [0.29, 0.717) is 18.4 Å². The topological polar surface area (TPSA) is 41.6 Å². The van der Waals surface area contributed by atoms with Gasteiger partial charge < -0.3 is 15.0 Å². The molecule has 1 amide bonds. The summed E-state index contributed by atoms with van der Waals surface area (Å²) in [5, 5.41) is 3.45. The van der Waals surface area contributed by atoms with Gasteiger partial charge in [0.25, 0.3) is 0 Å². The summed E-state index contributed by atoms with van der Waals surface area (Å²) in [6, 6.07) is 0. The van der Waals surface area contributed by atoms with E-state index in [2.05, 4.69) is 5.32 Å². The van der Waals surface area contributed by atoms with Gasteiger partial charge in [0.15, 0.2) is 0 Å². The number of ether oxygens (including phenoxy) is 1. The molecule has 1 N–H and O–H groups in total. The van der Waals surface area contributed by atoms with Crippen molar-refractivity contribution in [3.63, 3.8) is 0 Å². The lowest BCUT2D eigenvalue weighted by molar-refractivity contribution is -0.134. The normalized spacial score (nSPS) is 21.7. The van der Waals surface area contributed by atoms with Crippen LogP contribution in [0.5, 0.6) is 0 Å². The van der Waals surface area contributed by atoms with Crippen molar-refractivity contribution in [2.24, 2.45) is 5.41 Å². The van der Waals surface area contributed by atoms with Crippen molar-refractivity contribution in [2.45, 2.75) is 45.6 Å². The van der Waals surface area contributed by atoms with Gasteiger partial charge in [-0.3, -0.25) is 4.79 Å². The summed E-state index contributed by atoms with van der Waals surface area (Å²) in [5.74, 6) is 0.261. The van der Waals surface area contributed by atoms with Crippen LogP contribution in [0.15, 0.2) is 0 Å². The maximum absolute atomic E-state index is 12.0. The molecule has 0 atom stereocenters. The molecule has 5 heteroatoms. The second-order valence-electron chi connectivity index (χ2n) is 5.98. The van der Waals surface area contributed by atoms with Crippen LogP contribution in [0.4, 0.5) is 0 Å². The van der Waals surface area contributed by atoms with E-state index < -0.39 is 0 Å². The highest BCUT2D eigenvalue weighted by Gasteiger charge is 2.37. The molecule has 2 saturated heterocycles.